The number of carbonyl (C=O) groups is 1. The number of benzene rings is 1. The van der Waals surface area contributed by atoms with Crippen molar-refractivity contribution < 1.29 is 18.8 Å². The Morgan fingerprint density at radius 2 is 1.90 bits per heavy atom. The fourth-order valence-electron chi connectivity index (χ4n) is 3.56. The Hall–Kier alpha value is -2.12. The van der Waals surface area contributed by atoms with E-state index < -0.39 is 11.0 Å². The molecule has 1 unspecified atom stereocenters. The van der Waals surface area contributed by atoms with Crippen LogP contribution in [0.3, 0.4) is 0 Å². The minimum absolute atomic E-state index is 0.147. The van der Waals surface area contributed by atoms with Crippen LogP contribution in [-0.2, 0) is 21.3 Å². The van der Waals surface area contributed by atoms with Crippen molar-refractivity contribution >= 4 is 17.7 Å². The van der Waals surface area contributed by atoms with Crippen LogP contribution < -0.4 is 0 Å². The first-order chi connectivity index (χ1) is 14.1. The van der Waals surface area contributed by atoms with Gasteiger partial charge >= 0.3 is 6.09 Å². The van der Waals surface area contributed by atoms with Crippen LogP contribution >= 0.6 is 11.6 Å². The molecule has 7 nitrogen and oxygen atoms in total. The van der Waals surface area contributed by atoms with E-state index in [1.807, 2.05) is 52.0 Å². The molecule has 8 heteroatoms. The molecule has 0 bridgehead atoms. The van der Waals surface area contributed by atoms with Gasteiger partial charge in [0, 0.05) is 37.7 Å². The van der Waals surface area contributed by atoms with Gasteiger partial charge in [-0.05, 0) is 58.2 Å². The Morgan fingerprint density at radius 3 is 2.50 bits per heavy atom. The largest absolute Gasteiger partial charge is 0.444 e. The van der Waals surface area contributed by atoms with Gasteiger partial charge in [0.25, 0.3) is 0 Å². The highest BCUT2D eigenvalue weighted by Crippen LogP contribution is 2.40. The lowest BCUT2D eigenvalue weighted by molar-refractivity contribution is 0.0234. The average molecular weight is 436 g/mol. The van der Waals surface area contributed by atoms with E-state index in [9.17, 15) is 4.79 Å². The first-order valence-corrected chi connectivity index (χ1v) is 10.6. The molecule has 1 aromatic heterocycles. The first kappa shape index (κ1) is 22.6. The van der Waals surface area contributed by atoms with Gasteiger partial charge in [-0.1, -0.05) is 28.9 Å². The van der Waals surface area contributed by atoms with Gasteiger partial charge in [-0.15, -0.1) is 0 Å². The maximum absolute atomic E-state index is 12.3. The zero-order valence-corrected chi connectivity index (χ0v) is 19.0. The molecule has 3 rings (SSSR count). The van der Waals surface area contributed by atoms with Gasteiger partial charge in [0.05, 0.1) is 5.41 Å². The Morgan fingerprint density at radius 1 is 1.27 bits per heavy atom. The van der Waals surface area contributed by atoms with Crippen molar-refractivity contribution in [1.82, 2.24) is 15.0 Å². The van der Waals surface area contributed by atoms with E-state index >= 15 is 0 Å². The summed E-state index contributed by atoms with van der Waals surface area (Å²) in [5.41, 5.74) is 0.150. The highest BCUT2D eigenvalue weighted by Gasteiger charge is 2.41. The fourth-order valence-corrected chi connectivity index (χ4v) is 3.69. The summed E-state index contributed by atoms with van der Waals surface area (Å²) in [5, 5.41) is 4.89. The lowest BCUT2D eigenvalue weighted by Crippen LogP contribution is -2.40. The highest BCUT2D eigenvalue weighted by atomic mass is 35.5. The molecule has 0 saturated carbocycles. The van der Waals surface area contributed by atoms with Crippen LogP contribution in [0.1, 0.15) is 57.8 Å². The second-order valence-electron chi connectivity index (χ2n) is 8.86. The van der Waals surface area contributed by atoms with E-state index in [0.717, 1.165) is 18.4 Å². The van der Waals surface area contributed by atoms with Gasteiger partial charge in [-0.3, -0.25) is 0 Å². The van der Waals surface area contributed by atoms with Crippen LogP contribution in [0, 0.1) is 0 Å². The van der Waals surface area contributed by atoms with Crippen molar-refractivity contribution in [3.8, 4) is 0 Å². The summed E-state index contributed by atoms with van der Waals surface area (Å²) >= 11 is 6.08. The number of ether oxygens (including phenoxy) is 2. The summed E-state index contributed by atoms with van der Waals surface area (Å²) in [7, 11) is 1.72. The molecule has 30 heavy (non-hydrogen) atoms. The summed E-state index contributed by atoms with van der Waals surface area (Å²) in [6, 6.07) is 7.63. The number of nitrogens with zero attached hydrogens (tertiary/aromatic N) is 3. The molecule has 164 valence electrons. The lowest BCUT2D eigenvalue weighted by atomic mass is 9.74. The number of aromatic nitrogens is 2. The van der Waals surface area contributed by atoms with Crippen LogP contribution in [0.25, 0.3) is 0 Å². The van der Waals surface area contributed by atoms with Crippen LogP contribution in [-0.4, -0.2) is 53.0 Å². The maximum atomic E-state index is 12.3. The van der Waals surface area contributed by atoms with E-state index in [0.29, 0.717) is 36.4 Å². The van der Waals surface area contributed by atoms with Crippen LogP contribution in [0.15, 0.2) is 28.8 Å². The SMILES string of the molecule is CC(Cc1noc(C2(c3ccc(Cl)cc3)CCOCC2)n1)N(C)C(=O)OC(C)(C)C. The third-order valence-electron chi connectivity index (χ3n) is 5.44. The van der Waals surface area contributed by atoms with Crippen LogP contribution in [0.5, 0.6) is 0 Å². The van der Waals surface area contributed by atoms with Crippen molar-refractivity contribution in [2.45, 2.75) is 64.0 Å². The summed E-state index contributed by atoms with van der Waals surface area (Å²) in [6.07, 6.45) is 1.60. The summed E-state index contributed by atoms with van der Waals surface area (Å²) in [4.78, 5) is 18.6. The Balaban J connectivity index is 1.78. The van der Waals surface area contributed by atoms with E-state index in [1.54, 1.807) is 11.9 Å². The van der Waals surface area contributed by atoms with Crippen molar-refractivity contribution in [3.05, 3.63) is 46.6 Å². The molecule has 1 aromatic carbocycles. The normalized spacial score (nSPS) is 17.4. The number of halogens is 1. The van der Waals surface area contributed by atoms with Crippen LogP contribution in [0.4, 0.5) is 4.79 Å². The lowest BCUT2D eigenvalue weighted by Gasteiger charge is -2.34. The number of rotatable bonds is 5. The van der Waals surface area contributed by atoms with Crippen LogP contribution in [0.2, 0.25) is 5.02 Å². The van der Waals surface area contributed by atoms with Crippen molar-refractivity contribution in [3.63, 3.8) is 0 Å². The summed E-state index contributed by atoms with van der Waals surface area (Å²) < 4.78 is 16.8. The second kappa shape index (κ2) is 8.94. The van der Waals surface area contributed by atoms with Gasteiger partial charge < -0.3 is 18.9 Å². The molecule has 0 aliphatic carbocycles. The highest BCUT2D eigenvalue weighted by molar-refractivity contribution is 6.30. The van der Waals surface area contributed by atoms with Gasteiger partial charge in [0.15, 0.2) is 5.82 Å². The van der Waals surface area contributed by atoms with Crippen molar-refractivity contribution in [2.24, 2.45) is 0 Å². The number of likely N-dealkylation sites (N-methyl/N-ethyl adjacent to an activating group) is 1. The van der Waals surface area contributed by atoms with E-state index in [-0.39, 0.29) is 12.1 Å². The third kappa shape index (κ3) is 5.13. The third-order valence-corrected chi connectivity index (χ3v) is 5.69. The number of carbonyl (C=O) groups excluding carboxylic acids is 1. The smallest absolute Gasteiger partial charge is 0.410 e. The van der Waals surface area contributed by atoms with Gasteiger partial charge in [0.2, 0.25) is 5.89 Å². The van der Waals surface area contributed by atoms with Gasteiger partial charge in [0.1, 0.15) is 5.60 Å². The second-order valence-corrected chi connectivity index (χ2v) is 9.30. The molecule has 1 fully saturated rings. The van der Waals surface area contributed by atoms with E-state index in [2.05, 4.69) is 5.16 Å². The molecular formula is C22H30ClN3O4. The first-order valence-electron chi connectivity index (χ1n) is 10.2. The average Bonchev–Trinajstić information content (AvgIpc) is 3.16. The van der Waals surface area contributed by atoms with Crippen molar-refractivity contribution in [1.29, 1.82) is 0 Å². The number of hydrogen-bond donors (Lipinski definition) is 0. The molecular weight excluding hydrogens is 406 g/mol. The van der Waals surface area contributed by atoms with E-state index in [1.165, 1.54) is 0 Å². The predicted molar refractivity (Wildman–Crippen MR) is 114 cm³/mol. The zero-order chi connectivity index (χ0) is 21.9. The molecule has 1 atom stereocenters. The minimum atomic E-state index is -0.543. The quantitative estimate of drug-likeness (QED) is 0.682. The van der Waals surface area contributed by atoms with Gasteiger partial charge in [-0.25, -0.2) is 4.79 Å². The molecule has 0 N–H and O–H groups in total. The molecule has 2 heterocycles. The molecule has 1 saturated heterocycles. The zero-order valence-electron chi connectivity index (χ0n) is 18.3. The van der Waals surface area contributed by atoms with E-state index in [4.69, 9.17) is 30.6 Å². The molecule has 1 aliphatic heterocycles. The summed E-state index contributed by atoms with van der Waals surface area (Å²) in [5.74, 6) is 1.14. The summed E-state index contributed by atoms with van der Waals surface area (Å²) in [6.45, 7) is 8.72. The molecule has 0 radical (unpaired) electrons. The minimum Gasteiger partial charge on any atom is -0.444 e. The topological polar surface area (TPSA) is 77.7 Å². The molecule has 1 aliphatic rings. The molecule has 1 amide bonds. The fraction of sp³-hybridized carbons (Fsp3) is 0.591. The predicted octanol–water partition coefficient (Wildman–Crippen LogP) is 4.62. The monoisotopic (exact) mass is 435 g/mol. The number of hydrogen-bond acceptors (Lipinski definition) is 6. The van der Waals surface area contributed by atoms with Gasteiger partial charge in [-0.2, -0.15) is 4.98 Å². The molecule has 0 spiro atoms. The van der Waals surface area contributed by atoms with Crippen molar-refractivity contribution in [2.75, 3.05) is 20.3 Å². The Kier molecular flexibility index (Phi) is 6.72. The Labute approximate surface area is 182 Å². The number of amides is 1. The molecule has 2 aromatic rings. The Bertz CT molecular complexity index is 854. The standard InChI is InChI=1S/C22H30ClN3O4/c1-15(26(5)20(27)29-21(2,3)4)14-18-24-19(30-25-18)22(10-12-28-13-11-22)16-6-8-17(23)9-7-16/h6-9,15H,10-14H2,1-5H3. The maximum Gasteiger partial charge on any atom is 0.410 e.